The zero-order valence-electron chi connectivity index (χ0n) is 20.6. The monoisotopic (exact) mass is 506 g/mol. The SMILES string of the molecule is C=CCNC(=O)[C@H](Cc1ccccc1)N(Cc1ccc(Cl)cc1)C(=O)Cc1ccc(OC)c(OC)c1. The Labute approximate surface area is 217 Å². The van der Waals surface area contributed by atoms with Crippen LogP contribution < -0.4 is 14.8 Å². The van der Waals surface area contributed by atoms with Crippen molar-refractivity contribution in [1.29, 1.82) is 0 Å². The summed E-state index contributed by atoms with van der Waals surface area (Å²) in [4.78, 5) is 28.7. The number of carbonyl (C=O) groups excluding carboxylic acids is 2. The first-order valence-electron chi connectivity index (χ1n) is 11.6. The van der Waals surface area contributed by atoms with E-state index in [4.69, 9.17) is 21.1 Å². The largest absolute Gasteiger partial charge is 0.493 e. The first-order chi connectivity index (χ1) is 17.4. The highest BCUT2D eigenvalue weighted by Crippen LogP contribution is 2.28. The molecule has 1 atom stereocenters. The van der Waals surface area contributed by atoms with E-state index in [0.717, 1.165) is 16.7 Å². The molecule has 0 aliphatic rings. The van der Waals surface area contributed by atoms with E-state index >= 15 is 0 Å². The Morgan fingerprint density at radius 1 is 0.944 bits per heavy atom. The van der Waals surface area contributed by atoms with Gasteiger partial charge in [0.05, 0.1) is 20.6 Å². The number of carbonyl (C=O) groups is 2. The quantitative estimate of drug-likeness (QED) is 0.357. The minimum atomic E-state index is -0.726. The van der Waals surface area contributed by atoms with E-state index in [2.05, 4.69) is 11.9 Å². The summed E-state index contributed by atoms with van der Waals surface area (Å²) in [7, 11) is 3.11. The molecule has 0 aromatic heterocycles. The summed E-state index contributed by atoms with van der Waals surface area (Å²) in [6.07, 6.45) is 2.08. The zero-order chi connectivity index (χ0) is 25.9. The molecule has 1 N–H and O–H groups in total. The number of nitrogens with zero attached hydrogens (tertiary/aromatic N) is 1. The Morgan fingerprint density at radius 2 is 1.61 bits per heavy atom. The Morgan fingerprint density at radius 3 is 2.25 bits per heavy atom. The average molecular weight is 507 g/mol. The van der Waals surface area contributed by atoms with Crippen LogP contribution in [0.2, 0.25) is 5.02 Å². The smallest absolute Gasteiger partial charge is 0.243 e. The number of methoxy groups -OCH3 is 2. The Bertz CT molecular complexity index is 1170. The third kappa shape index (κ3) is 7.36. The molecule has 0 aliphatic carbocycles. The molecule has 7 heteroatoms. The van der Waals surface area contributed by atoms with Crippen LogP contribution in [0.15, 0.2) is 85.5 Å². The summed E-state index contributed by atoms with van der Waals surface area (Å²) in [6, 6.07) is 21.6. The van der Waals surface area contributed by atoms with Gasteiger partial charge in [-0.05, 0) is 41.0 Å². The van der Waals surface area contributed by atoms with Gasteiger partial charge in [0.2, 0.25) is 11.8 Å². The predicted octanol–water partition coefficient (Wildman–Crippen LogP) is 4.84. The highest BCUT2D eigenvalue weighted by atomic mass is 35.5. The van der Waals surface area contributed by atoms with Crippen molar-refractivity contribution in [1.82, 2.24) is 10.2 Å². The predicted molar refractivity (Wildman–Crippen MR) is 142 cm³/mol. The van der Waals surface area contributed by atoms with Crippen LogP contribution >= 0.6 is 11.6 Å². The Balaban J connectivity index is 1.96. The zero-order valence-corrected chi connectivity index (χ0v) is 21.3. The summed E-state index contributed by atoms with van der Waals surface area (Å²) in [5, 5.41) is 3.47. The van der Waals surface area contributed by atoms with Gasteiger partial charge >= 0.3 is 0 Å². The van der Waals surface area contributed by atoms with E-state index in [0.29, 0.717) is 29.5 Å². The molecule has 0 bridgehead atoms. The molecule has 36 heavy (non-hydrogen) atoms. The fraction of sp³-hybridized carbons (Fsp3) is 0.241. The van der Waals surface area contributed by atoms with Gasteiger partial charge in [-0.1, -0.05) is 66.2 Å². The maximum atomic E-state index is 13.8. The fourth-order valence-corrected chi connectivity index (χ4v) is 4.02. The van der Waals surface area contributed by atoms with E-state index in [1.54, 1.807) is 49.5 Å². The highest BCUT2D eigenvalue weighted by molar-refractivity contribution is 6.30. The van der Waals surface area contributed by atoms with Gasteiger partial charge in [0.25, 0.3) is 0 Å². The van der Waals surface area contributed by atoms with Gasteiger partial charge in [-0.3, -0.25) is 9.59 Å². The molecule has 2 amide bonds. The normalized spacial score (nSPS) is 11.3. The third-order valence-corrected chi connectivity index (χ3v) is 6.01. The molecule has 0 heterocycles. The van der Waals surface area contributed by atoms with E-state index in [-0.39, 0.29) is 24.8 Å². The van der Waals surface area contributed by atoms with Crippen LogP contribution in [-0.2, 0) is 29.0 Å². The lowest BCUT2D eigenvalue weighted by Gasteiger charge is -2.31. The van der Waals surface area contributed by atoms with Crippen molar-refractivity contribution in [2.45, 2.75) is 25.4 Å². The van der Waals surface area contributed by atoms with Crippen LogP contribution in [0.25, 0.3) is 0 Å². The van der Waals surface area contributed by atoms with E-state index in [1.807, 2.05) is 48.5 Å². The maximum absolute atomic E-state index is 13.8. The fourth-order valence-electron chi connectivity index (χ4n) is 3.90. The van der Waals surface area contributed by atoms with Crippen molar-refractivity contribution in [3.63, 3.8) is 0 Å². The number of rotatable bonds is 12. The number of halogens is 1. The number of hydrogen-bond donors (Lipinski definition) is 1. The second-order valence-electron chi connectivity index (χ2n) is 8.25. The van der Waals surface area contributed by atoms with Crippen LogP contribution in [-0.4, -0.2) is 43.5 Å². The molecule has 0 fully saturated rings. The van der Waals surface area contributed by atoms with Gasteiger partial charge in [-0.15, -0.1) is 6.58 Å². The van der Waals surface area contributed by atoms with E-state index in [1.165, 1.54) is 0 Å². The topological polar surface area (TPSA) is 67.9 Å². The van der Waals surface area contributed by atoms with Crippen molar-refractivity contribution in [2.75, 3.05) is 20.8 Å². The van der Waals surface area contributed by atoms with Gasteiger partial charge in [0, 0.05) is 24.5 Å². The molecular formula is C29H31ClN2O4. The molecular weight excluding hydrogens is 476 g/mol. The van der Waals surface area contributed by atoms with Crippen LogP contribution in [0, 0.1) is 0 Å². The minimum Gasteiger partial charge on any atom is -0.493 e. The lowest BCUT2D eigenvalue weighted by atomic mass is 10.0. The Kier molecular flexibility index (Phi) is 9.95. The summed E-state index contributed by atoms with van der Waals surface area (Å²) < 4.78 is 10.7. The van der Waals surface area contributed by atoms with Crippen LogP contribution in [0.1, 0.15) is 16.7 Å². The number of nitrogens with one attached hydrogen (secondary N) is 1. The van der Waals surface area contributed by atoms with E-state index < -0.39 is 6.04 Å². The number of amides is 2. The summed E-state index contributed by atoms with van der Waals surface area (Å²) in [5.41, 5.74) is 2.58. The van der Waals surface area contributed by atoms with Crippen LogP contribution in [0.5, 0.6) is 11.5 Å². The maximum Gasteiger partial charge on any atom is 0.243 e. The van der Waals surface area contributed by atoms with Crippen molar-refractivity contribution in [3.05, 3.63) is 107 Å². The average Bonchev–Trinajstić information content (AvgIpc) is 2.90. The van der Waals surface area contributed by atoms with Crippen molar-refractivity contribution >= 4 is 23.4 Å². The van der Waals surface area contributed by atoms with Gasteiger partial charge in [-0.2, -0.15) is 0 Å². The molecule has 0 radical (unpaired) electrons. The molecule has 0 saturated carbocycles. The van der Waals surface area contributed by atoms with Gasteiger partial charge in [0.1, 0.15) is 6.04 Å². The lowest BCUT2D eigenvalue weighted by Crippen LogP contribution is -2.51. The summed E-state index contributed by atoms with van der Waals surface area (Å²) in [6.45, 7) is 4.25. The van der Waals surface area contributed by atoms with Crippen molar-refractivity contribution < 1.29 is 19.1 Å². The summed E-state index contributed by atoms with van der Waals surface area (Å²) in [5.74, 6) is 0.689. The molecule has 3 aromatic rings. The molecule has 0 unspecified atom stereocenters. The number of benzene rings is 3. The van der Waals surface area contributed by atoms with Gasteiger partial charge < -0.3 is 19.7 Å². The van der Waals surface area contributed by atoms with Gasteiger partial charge in [-0.25, -0.2) is 0 Å². The van der Waals surface area contributed by atoms with Gasteiger partial charge in [0.15, 0.2) is 11.5 Å². The number of hydrogen-bond acceptors (Lipinski definition) is 4. The second-order valence-corrected chi connectivity index (χ2v) is 8.69. The van der Waals surface area contributed by atoms with Crippen LogP contribution in [0.4, 0.5) is 0 Å². The standard InChI is InChI=1S/C29H31ClN2O4/c1-4-16-31-29(34)25(17-21-8-6-5-7-9-21)32(20-22-10-13-24(30)14-11-22)28(33)19-23-12-15-26(35-2)27(18-23)36-3/h4-15,18,25H,1,16-17,19-20H2,2-3H3,(H,31,34)/t25-/m0/s1. The molecule has 0 aliphatic heterocycles. The lowest BCUT2D eigenvalue weighted by molar-refractivity contribution is -0.140. The van der Waals surface area contributed by atoms with Crippen LogP contribution in [0.3, 0.4) is 0 Å². The summed E-state index contributed by atoms with van der Waals surface area (Å²) >= 11 is 6.07. The van der Waals surface area contributed by atoms with Crippen molar-refractivity contribution in [3.8, 4) is 11.5 Å². The van der Waals surface area contributed by atoms with E-state index in [9.17, 15) is 9.59 Å². The molecule has 3 rings (SSSR count). The third-order valence-electron chi connectivity index (χ3n) is 5.76. The first-order valence-corrected chi connectivity index (χ1v) is 12.0. The molecule has 6 nitrogen and oxygen atoms in total. The highest BCUT2D eigenvalue weighted by Gasteiger charge is 2.30. The minimum absolute atomic E-state index is 0.0912. The van der Waals surface area contributed by atoms with Crippen molar-refractivity contribution in [2.24, 2.45) is 0 Å². The second kappa shape index (κ2) is 13.4. The Hall–Kier alpha value is -3.77. The molecule has 0 saturated heterocycles. The first kappa shape index (κ1) is 26.8. The molecule has 188 valence electrons. The molecule has 3 aromatic carbocycles. The number of ether oxygens (including phenoxy) is 2. The molecule has 0 spiro atoms.